The lowest BCUT2D eigenvalue weighted by molar-refractivity contribution is -0.124. The van der Waals surface area contributed by atoms with E-state index in [4.69, 9.17) is 0 Å². The van der Waals surface area contributed by atoms with E-state index >= 15 is 0 Å². The normalized spacial score (nSPS) is 15.3. The molecule has 2 unspecified atom stereocenters. The van der Waals surface area contributed by atoms with E-state index in [1.807, 2.05) is 28.1 Å². The zero-order valence-electron chi connectivity index (χ0n) is 9.92. The number of hydrogen-bond acceptors (Lipinski definition) is 3. The lowest BCUT2D eigenvalue weighted by Gasteiger charge is -2.21. The van der Waals surface area contributed by atoms with Gasteiger partial charge in [0.15, 0.2) is 0 Å². The second-order valence-electron chi connectivity index (χ2n) is 4.02. The molecule has 0 aromatic heterocycles. The number of rotatable bonds is 6. The van der Waals surface area contributed by atoms with Gasteiger partial charge in [0.05, 0.1) is 0 Å². The quantitative estimate of drug-likeness (QED) is 0.631. The van der Waals surface area contributed by atoms with E-state index in [0.717, 1.165) is 6.54 Å². The SMILES string of the molecule is CNCC(C)C(=O)NCC(C)N(C)C. The summed E-state index contributed by atoms with van der Waals surface area (Å²) in [5, 5.41) is 5.92. The second kappa shape index (κ2) is 6.79. The Kier molecular flexibility index (Phi) is 6.49. The molecule has 0 fully saturated rings. The molecule has 0 radical (unpaired) electrons. The highest BCUT2D eigenvalue weighted by molar-refractivity contribution is 5.78. The molecular formula is C10H23N3O. The van der Waals surface area contributed by atoms with Gasteiger partial charge in [-0.3, -0.25) is 4.79 Å². The van der Waals surface area contributed by atoms with Crippen molar-refractivity contribution < 1.29 is 4.79 Å². The summed E-state index contributed by atoms with van der Waals surface area (Å²) in [6.07, 6.45) is 0. The first-order valence-electron chi connectivity index (χ1n) is 5.07. The first-order valence-corrected chi connectivity index (χ1v) is 5.07. The highest BCUT2D eigenvalue weighted by Gasteiger charge is 2.12. The van der Waals surface area contributed by atoms with E-state index in [2.05, 4.69) is 22.5 Å². The minimum absolute atomic E-state index is 0.0364. The van der Waals surface area contributed by atoms with Crippen LogP contribution in [0.15, 0.2) is 0 Å². The molecule has 0 saturated carbocycles. The molecule has 14 heavy (non-hydrogen) atoms. The maximum Gasteiger partial charge on any atom is 0.224 e. The summed E-state index contributed by atoms with van der Waals surface area (Å²) >= 11 is 0. The van der Waals surface area contributed by atoms with Gasteiger partial charge in [0.25, 0.3) is 0 Å². The molecule has 2 N–H and O–H groups in total. The minimum Gasteiger partial charge on any atom is -0.354 e. The summed E-state index contributed by atoms with van der Waals surface area (Å²) in [4.78, 5) is 13.6. The van der Waals surface area contributed by atoms with E-state index in [1.165, 1.54) is 0 Å². The Bertz CT molecular complexity index is 171. The Morgan fingerprint density at radius 2 is 1.86 bits per heavy atom. The van der Waals surface area contributed by atoms with Gasteiger partial charge in [-0.25, -0.2) is 0 Å². The van der Waals surface area contributed by atoms with E-state index in [1.54, 1.807) is 0 Å². The maximum atomic E-state index is 11.5. The molecule has 0 aliphatic rings. The number of carbonyl (C=O) groups excluding carboxylic acids is 1. The van der Waals surface area contributed by atoms with Crippen LogP contribution in [0, 0.1) is 5.92 Å². The molecule has 0 saturated heterocycles. The molecule has 0 heterocycles. The molecule has 0 aliphatic carbocycles. The maximum absolute atomic E-state index is 11.5. The summed E-state index contributed by atoms with van der Waals surface area (Å²) < 4.78 is 0. The Labute approximate surface area is 87.0 Å². The second-order valence-corrected chi connectivity index (χ2v) is 4.02. The molecule has 0 bridgehead atoms. The molecule has 0 spiro atoms. The van der Waals surface area contributed by atoms with Crippen molar-refractivity contribution in [1.82, 2.24) is 15.5 Å². The third-order valence-electron chi connectivity index (χ3n) is 2.41. The van der Waals surface area contributed by atoms with Crippen molar-refractivity contribution in [2.45, 2.75) is 19.9 Å². The van der Waals surface area contributed by atoms with Crippen LogP contribution in [-0.4, -0.2) is 51.1 Å². The summed E-state index contributed by atoms with van der Waals surface area (Å²) in [5.41, 5.74) is 0. The fourth-order valence-corrected chi connectivity index (χ4v) is 1.00. The predicted octanol–water partition coefficient (Wildman–Crippen LogP) is -0.0918. The van der Waals surface area contributed by atoms with Crippen molar-refractivity contribution in [2.24, 2.45) is 5.92 Å². The zero-order valence-corrected chi connectivity index (χ0v) is 9.92. The van der Waals surface area contributed by atoms with E-state index in [-0.39, 0.29) is 11.8 Å². The average Bonchev–Trinajstić information content (AvgIpc) is 2.13. The van der Waals surface area contributed by atoms with Crippen LogP contribution < -0.4 is 10.6 Å². The van der Waals surface area contributed by atoms with Crippen molar-refractivity contribution in [3.05, 3.63) is 0 Å². The predicted molar refractivity (Wildman–Crippen MR) is 59.2 cm³/mol. The lowest BCUT2D eigenvalue weighted by Crippen LogP contribution is -2.41. The highest BCUT2D eigenvalue weighted by Crippen LogP contribution is 1.94. The van der Waals surface area contributed by atoms with Gasteiger partial charge in [0.1, 0.15) is 0 Å². The van der Waals surface area contributed by atoms with Gasteiger partial charge in [-0.1, -0.05) is 6.92 Å². The van der Waals surface area contributed by atoms with Crippen LogP contribution in [0.25, 0.3) is 0 Å². The van der Waals surface area contributed by atoms with Gasteiger partial charge in [-0.15, -0.1) is 0 Å². The largest absolute Gasteiger partial charge is 0.354 e. The van der Waals surface area contributed by atoms with Crippen LogP contribution in [-0.2, 0) is 4.79 Å². The summed E-state index contributed by atoms with van der Waals surface area (Å²) in [6.45, 7) is 5.44. The smallest absolute Gasteiger partial charge is 0.224 e. The number of nitrogens with one attached hydrogen (secondary N) is 2. The average molecular weight is 201 g/mol. The number of amides is 1. The van der Waals surface area contributed by atoms with Gasteiger partial charge in [-0.2, -0.15) is 0 Å². The van der Waals surface area contributed by atoms with Gasteiger partial charge < -0.3 is 15.5 Å². The number of likely N-dealkylation sites (N-methyl/N-ethyl adjacent to an activating group) is 1. The van der Waals surface area contributed by atoms with Crippen LogP contribution >= 0.6 is 0 Å². The monoisotopic (exact) mass is 201 g/mol. The molecule has 4 heteroatoms. The van der Waals surface area contributed by atoms with Crippen molar-refractivity contribution >= 4 is 5.91 Å². The Balaban J connectivity index is 3.73. The molecular weight excluding hydrogens is 178 g/mol. The molecule has 0 aromatic rings. The van der Waals surface area contributed by atoms with Gasteiger partial charge >= 0.3 is 0 Å². The Hall–Kier alpha value is -0.610. The van der Waals surface area contributed by atoms with Gasteiger partial charge in [-0.05, 0) is 28.1 Å². The van der Waals surface area contributed by atoms with Crippen molar-refractivity contribution in [2.75, 3.05) is 34.2 Å². The van der Waals surface area contributed by atoms with Crippen LogP contribution in [0.2, 0.25) is 0 Å². The third-order valence-corrected chi connectivity index (χ3v) is 2.41. The minimum atomic E-state index is 0.0364. The number of carbonyl (C=O) groups is 1. The molecule has 4 nitrogen and oxygen atoms in total. The molecule has 1 amide bonds. The van der Waals surface area contributed by atoms with E-state index in [0.29, 0.717) is 12.6 Å². The van der Waals surface area contributed by atoms with E-state index in [9.17, 15) is 4.79 Å². The van der Waals surface area contributed by atoms with Crippen molar-refractivity contribution in [3.63, 3.8) is 0 Å². The number of nitrogens with zero attached hydrogens (tertiary/aromatic N) is 1. The molecule has 2 atom stereocenters. The Morgan fingerprint density at radius 3 is 2.29 bits per heavy atom. The molecule has 0 rings (SSSR count). The first-order chi connectivity index (χ1) is 6.49. The third kappa shape index (κ3) is 5.19. The topological polar surface area (TPSA) is 44.4 Å². The first kappa shape index (κ1) is 13.4. The fraction of sp³-hybridized carbons (Fsp3) is 0.900. The van der Waals surface area contributed by atoms with Crippen LogP contribution in [0.5, 0.6) is 0 Å². The number of hydrogen-bond donors (Lipinski definition) is 2. The Morgan fingerprint density at radius 1 is 1.29 bits per heavy atom. The molecule has 0 aliphatic heterocycles. The standard InChI is InChI=1S/C10H23N3O/c1-8(6-11-3)10(14)12-7-9(2)13(4)5/h8-9,11H,6-7H2,1-5H3,(H,12,14). The summed E-state index contributed by atoms with van der Waals surface area (Å²) in [7, 11) is 5.87. The summed E-state index contributed by atoms with van der Waals surface area (Å²) in [6, 6.07) is 0.376. The zero-order chi connectivity index (χ0) is 11.1. The molecule has 0 aromatic carbocycles. The van der Waals surface area contributed by atoms with Crippen LogP contribution in [0.4, 0.5) is 0 Å². The van der Waals surface area contributed by atoms with Crippen molar-refractivity contribution in [3.8, 4) is 0 Å². The van der Waals surface area contributed by atoms with Crippen LogP contribution in [0.1, 0.15) is 13.8 Å². The van der Waals surface area contributed by atoms with Gasteiger partial charge in [0, 0.05) is 25.0 Å². The molecule has 84 valence electrons. The lowest BCUT2D eigenvalue weighted by atomic mass is 10.1. The van der Waals surface area contributed by atoms with Crippen molar-refractivity contribution in [1.29, 1.82) is 0 Å². The van der Waals surface area contributed by atoms with Crippen LogP contribution in [0.3, 0.4) is 0 Å². The highest BCUT2D eigenvalue weighted by atomic mass is 16.1. The van der Waals surface area contributed by atoms with E-state index < -0.39 is 0 Å². The van der Waals surface area contributed by atoms with Gasteiger partial charge in [0.2, 0.25) is 5.91 Å². The fourth-order valence-electron chi connectivity index (χ4n) is 1.00. The summed E-state index contributed by atoms with van der Waals surface area (Å²) in [5.74, 6) is 0.155.